The van der Waals surface area contributed by atoms with Crippen molar-refractivity contribution in [2.24, 2.45) is 0 Å². The highest BCUT2D eigenvalue weighted by atomic mass is 16.2. The Labute approximate surface area is 190 Å². The molecule has 2 aromatic rings. The lowest BCUT2D eigenvalue weighted by atomic mass is 10.2. The fourth-order valence-electron chi connectivity index (χ4n) is 4.44. The summed E-state index contributed by atoms with van der Waals surface area (Å²) in [6.07, 6.45) is 0.770. The predicted molar refractivity (Wildman–Crippen MR) is 128 cm³/mol. The Kier molecular flexibility index (Phi) is 7.27. The Morgan fingerprint density at radius 2 is 1.44 bits per heavy atom. The SMILES string of the molecule is CCN1CCN(c2ccccc2NC(=O)N2CCCN(C(=O)c3ccccc3)CC2)CC1. The normalized spacial score (nSPS) is 17.7. The Balaban J connectivity index is 1.37. The van der Waals surface area contributed by atoms with E-state index in [-0.39, 0.29) is 11.9 Å². The van der Waals surface area contributed by atoms with Gasteiger partial charge in [0, 0.05) is 57.9 Å². The minimum Gasteiger partial charge on any atom is -0.367 e. The summed E-state index contributed by atoms with van der Waals surface area (Å²) in [6.45, 7) is 9.64. The number of likely N-dealkylation sites (N-methyl/N-ethyl adjacent to an activating group) is 1. The summed E-state index contributed by atoms with van der Waals surface area (Å²) < 4.78 is 0. The van der Waals surface area contributed by atoms with Crippen LogP contribution in [0, 0.1) is 0 Å². The molecule has 7 nitrogen and oxygen atoms in total. The zero-order valence-electron chi connectivity index (χ0n) is 18.9. The standard InChI is InChI=1S/C25H33N5O2/c1-2-27-15-17-28(18-16-27)23-12-7-6-11-22(23)26-25(32)30-14-8-13-29(19-20-30)24(31)21-9-4-3-5-10-21/h3-7,9-12H,2,8,13-20H2,1H3,(H,26,32). The van der Waals surface area contributed by atoms with Crippen molar-refractivity contribution in [2.75, 3.05) is 69.1 Å². The van der Waals surface area contributed by atoms with E-state index < -0.39 is 0 Å². The molecule has 2 aromatic carbocycles. The van der Waals surface area contributed by atoms with Crippen LogP contribution in [0.15, 0.2) is 54.6 Å². The lowest BCUT2D eigenvalue weighted by Crippen LogP contribution is -2.46. The number of rotatable bonds is 4. The van der Waals surface area contributed by atoms with Crippen LogP contribution in [-0.4, -0.2) is 85.5 Å². The topological polar surface area (TPSA) is 59.1 Å². The molecule has 3 amide bonds. The number of piperazine rings is 1. The second kappa shape index (κ2) is 10.5. The van der Waals surface area contributed by atoms with Gasteiger partial charge in [-0.05, 0) is 37.2 Å². The zero-order chi connectivity index (χ0) is 22.3. The number of urea groups is 1. The maximum atomic E-state index is 13.1. The van der Waals surface area contributed by atoms with Crippen molar-refractivity contribution in [3.8, 4) is 0 Å². The number of nitrogens with one attached hydrogen (secondary N) is 1. The molecule has 2 heterocycles. The molecule has 4 rings (SSSR count). The van der Waals surface area contributed by atoms with Gasteiger partial charge in [-0.25, -0.2) is 4.79 Å². The lowest BCUT2D eigenvalue weighted by molar-refractivity contribution is 0.0762. The highest BCUT2D eigenvalue weighted by Gasteiger charge is 2.24. The van der Waals surface area contributed by atoms with E-state index >= 15 is 0 Å². The van der Waals surface area contributed by atoms with E-state index in [1.807, 2.05) is 58.3 Å². The largest absolute Gasteiger partial charge is 0.367 e. The quantitative estimate of drug-likeness (QED) is 0.801. The summed E-state index contributed by atoms with van der Waals surface area (Å²) in [5.74, 6) is 0.0319. The summed E-state index contributed by atoms with van der Waals surface area (Å²) >= 11 is 0. The van der Waals surface area contributed by atoms with E-state index in [1.165, 1.54) is 0 Å². The van der Waals surface area contributed by atoms with Crippen molar-refractivity contribution in [2.45, 2.75) is 13.3 Å². The molecule has 0 aromatic heterocycles. The molecule has 0 unspecified atom stereocenters. The van der Waals surface area contributed by atoms with Gasteiger partial charge in [0.15, 0.2) is 0 Å². The molecule has 2 saturated heterocycles. The first-order valence-electron chi connectivity index (χ1n) is 11.6. The molecule has 0 saturated carbocycles. The molecule has 0 spiro atoms. The van der Waals surface area contributed by atoms with Crippen LogP contribution in [0.5, 0.6) is 0 Å². The Bertz CT molecular complexity index is 912. The van der Waals surface area contributed by atoms with Gasteiger partial charge in [-0.2, -0.15) is 0 Å². The van der Waals surface area contributed by atoms with Crippen LogP contribution >= 0.6 is 0 Å². The number of para-hydroxylation sites is 2. The lowest BCUT2D eigenvalue weighted by Gasteiger charge is -2.36. The number of nitrogens with zero attached hydrogens (tertiary/aromatic N) is 4. The van der Waals surface area contributed by atoms with E-state index in [4.69, 9.17) is 0 Å². The zero-order valence-corrected chi connectivity index (χ0v) is 18.9. The van der Waals surface area contributed by atoms with Gasteiger partial charge in [0.2, 0.25) is 0 Å². The maximum absolute atomic E-state index is 13.1. The fraction of sp³-hybridized carbons (Fsp3) is 0.440. The van der Waals surface area contributed by atoms with Crippen LogP contribution in [0.2, 0.25) is 0 Å². The number of benzene rings is 2. The minimum absolute atomic E-state index is 0.0319. The molecule has 170 valence electrons. The first-order valence-corrected chi connectivity index (χ1v) is 11.6. The van der Waals surface area contributed by atoms with Crippen LogP contribution in [0.4, 0.5) is 16.2 Å². The molecule has 7 heteroatoms. The number of hydrogen-bond donors (Lipinski definition) is 1. The summed E-state index contributed by atoms with van der Waals surface area (Å²) in [7, 11) is 0. The number of hydrogen-bond acceptors (Lipinski definition) is 4. The van der Waals surface area contributed by atoms with Gasteiger partial charge >= 0.3 is 6.03 Å². The molecule has 1 N–H and O–H groups in total. The molecule has 2 fully saturated rings. The second-order valence-corrected chi connectivity index (χ2v) is 8.37. The smallest absolute Gasteiger partial charge is 0.321 e. The predicted octanol–water partition coefficient (Wildman–Crippen LogP) is 3.21. The Morgan fingerprint density at radius 1 is 0.781 bits per heavy atom. The van der Waals surface area contributed by atoms with Gasteiger partial charge in [0.1, 0.15) is 0 Å². The molecule has 2 aliphatic heterocycles. The molecular weight excluding hydrogens is 402 g/mol. The van der Waals surface area contributed by atoms with Gasteiger partial charge in [-0.15, -0.1) is 0 Å². The molecular formula is C25H33N5O2. The first kappa shape index (κ1) is 22.1. The van der Waals surface area contributed by atoms with Gasteiger partial charge < -0.3 is 24.9 Å². The van der Waals surface area contributed by atoms with Gasteiger partial charge in [0.25, 0.3) is 5.91 Å². The van der Waals surface area contributed by atoms with E-state index in [1.54, 1.807) is 0 Å². The van der Waals surface area contributed by atoms with Crippen molar-refractivity contribution >= 4 is 23.3 Å². The van der Waals surface area contributed by atoms with Gasteiger partial charge in [-0.3, -0.25) is 4.79 Å². The van der Waals surface area contributed by atoms with E-state index in [0.29, 0.717) is 31.7 Å². The number of amides is 3. The third-order valence-electron chi connectivity index (χ3n) is 6.40. The van der Waals surface area contributed by atoms with Crippen LogP contribution in [0.3, 0.4) is 0 Å². The monoisotopic (exact) mass is 435 g/mol. The Morgan fingerprint density at radius 3 is 2.19 bits per heavy atom. The number of carbonyl (C=O) groups is 2. The summed E-state index contributed by atoms with van der Waals surface area (Å²) in [5, 5.41) is 3.13. The third-order valence-corrected chi connectivity index (χ3v) is 6.40. The summed E-state index contributed by atoms with van der Waals surface area (Å²) in [5.41, 5.74) is 2.62. The minimum atomic E-state index is -0.0985. The van der Waals surface area contributed by atoms with E-state index in [0.717, 1.165) is 50.5 Å². The van der Waals surface area contributed by atoms with Crippen LogP contribution in [-0.2, 0) is 0 Å². The van der Waals surface area contributed by atoms with Crippen molar-refractivity contribution in [3.63, 3.8) is 0 Å². The number of anilines is 2. The second-order valence-electron chi connectivity index (χ2n) is 8.37. The van der Waals surface area contributed by atoms with Gasteiger partial charge in [0.05, 0.1) is 11.4 Å². The van der Waals surface area contributed by atoms with E-state index in [9.17, 15) is 9.59 Å². The average molecular weight is 436 g/mol. The molecule has 0 aliphatic carbocycles. The fourth-order valence-corrected chi connectivity index (χ4v) is 4.44. The van der Waals surface area contributed by atoms with Gasteiger partial charge in [-0.1, -0.05) is 37.3 Å². The van der Waals surface area contributed by atoms with Crippen LogP contribution in [0.25, 0.3) is 0 Å². The highest BCUT2D eigenvalue weighted by molar-refractivity contribution is 5.95. The van der Waals surface area contributed by atoms with Crippen molar-refractivity contribution < 1.29 is 9.59 Å². The van der Waals surface area contributed by atoms with Crippen molar-refractivity contribution in [3.05, 3.63) is 60.2 Å². The van der Waals surface area contributed by atoms with Crippen molar-refractivity contribution in [1.29, 1.82) is 0 Å². The third kappa shape index (κ3) is 5.22. The molecule has 0 radical (unpaired) electrons. The first-order chi connectivity index (χ1) is 15.7. The summed E-state index contributed by atoms with van der Waals surface area (Å²) in [4.78, 5) is 34.3. The van der Waals surface area contributed by atoms with Crippen molar-refractivity contribution in [1.82, 2.24) is 14.7 Å². The molecule has 0 bridgehead atoms. The molecule has 2 aliphatic rings. The average Bonchev–Trinajstić information content (AvgIpc) is 3.11. The Hall–Kier alpha value is -3.06. The maximum Gasteiger partial charge on any atom is 0.321 e. The number of carbonyl (C=O) groups excluding carboxylic acids is 2. The van der Waals surface area contributed by atoms with Crippen LogP contribution in [0.1, 0.15) is 23.7 Å². The highest BCUT2D eigenvalue weighted by Crippen LogP contribution is 2.27. The molecule has 0 atom stereocenters. The van der Waals surface area contributed by atoms with Crippen LogP contribution < -0.4 is 10.2 Å². The molecule has 32 heavy (non-hydrogen) atoms. The van der Waals surface area contributed by atoms with E-state index in [2.05, 4.69) is 28.1 Å². The summed E-state index contributed by atoms with van der Waals surface area (Å²) in [6, 6.07) is 17.3.